The first kappa shape index (κ1) is 14.6. The smallest absolute Gasteiger partial charge is 0.263 e. The summed E-state index contributed by atoms with van der Waals surface area (Å²) in [6.07, 6.45) is 1.39. The molecular formula is C13H11ClN2O3S. The van der Waals surface area contributed by atoms with E-state index in [0.717, 1.165) is 0 Å². The lowest BCUT2D eigenvalue weighted by Crippen LogP contribution is -2.12. The van der Waals surface area contributed by atoms with Gasteiger partial charge < -0.3 is 4.74 Å². The highest BCUT2D eigenvalue weighted by Crippen LogP contribution is 2.31. The van der Waals surface area contributed by atoms with Gasteiger partial charge in [0.1, 0.15) is 16.7 Å². The molecule has 0 aliphatic rings. The molecule has 5 nitrogen and oxygen atoms in total. The van der Waals surface area contributed by atoms with E-state index in [0.29, 0.717) is 17.6 Å². The molecule has 0 aliphatic carbocycles. The average Bonchev–Trinajstić information content (AvgIpc) is 2.43. The minimum absolute atomic E-state index is 0.0767. The molecule has 1 aromatic carbocycles. The molecular weight excluding hydrogens is 300 g/mol. The number of ether oxygens (including phenoxy) is 1. The van der Waals surface area contributed by atoms with Crippen LogP contribution in [0.3, 0.4) is 0 Å². The molecule has 0 spiro atoms. The van der Waals surface area contributed by atoms with Gasteiger partial charge in [0.2, 0.25) is 0 Å². The van der Waals surface area contributed by atoms with Crippen molar-refractivity contribution in [2.75, 3.05) is 0 Å². The van der Waals surface area contributed by atoms with Crippen LogP contribution in [0.1, 0.15) is 13.3 Å². The van der Waals surface area contributed by atoms with Crippen molar-refractivity contribution in [3.63, 3.8) is 0 Å². The van der Waals surface area contributed by atoms with E-state index >= 15 is 0 Å². The summed E-state index contributed by atoms with van der Waals surface area (Å²) < 4.78 is 28.6. The Bertz CT molecular complexity index is 784. The van der Waals surface area contributed by atoms with Gasteiger partial charge in [-0.25, -0.2) is 8.42 Å². The lowest BCUT2D eigenvalue weighted by Gasteiger charge is -2.13. The Morgan fingerprint density at radius 1 is 1.45 bits per heavy atom. The van der Waals surface area contributed by atoms with E-state index in [1.54, 1.807) is 12.1 Å². The molecule has 0 aliphatic heterocycles. The Labute approximate surface area is 121 Å². The van der Waals surface area contributed by atoms with Gasteiger partial charge in [-0.05, 0) is 30.7 Å². The minimum atomic E-state index is -3.90. The number of halogens is 1. The van der Waals surface area contributed by atoms with Crippen LogP contribution in [0.15, 0.2) is 35.4 Å². The summed E-state index contributed by atoms with van der Waals surface area (Å²) in [6.45, 7) is 1.83. The first-order chi connectivity index (χ1) is 9.47. The topological polar surface area (TPSA) is 80.0 Å². The fourth-order valence-electron chi connectivity index (χ4n) is 1.77. The zero-order valence-electron chi connectivity index (χ0n) is 10.6. The number of hydrogen-bond acceptors (Lipinski definition) is 5. The lowest BCUT2D eigenvalue weighted by molar-refractivity contribution is 0.255. The second kappa shape index (κ2) is 5.65. The summed E-state index contributed by atoms with van der Waals surface area (Å²) in [5, 5.41) is 9.44. The predicted octanol–water partition coefficient (Wildman–Crippen LogP) is 2.84. The van der Waals surface area contributed by atoms with Gasteiger partial charge in [-0.1, -0.05) is 6.92 Å². The number of fused-ring (bicyclic) bond motifs is 1. The number of nitriles is 1. The first-order valence-electron chi connectivity index (χ1n) is 5.86. The molecule has 0 bridgehead atoms. The third kappa shape index (κ3) is 2.84. The summed E-state index contributed by atoms with van der Waals surface area (Å²) in [4.78, 5) is 3.96. The van der Waals surface area contributed by atoms with Crippen molar-refractivity contribution in [2.45, 2.75) is 24.3 Å². The standard InChI is InChI=1S/C13H11ClN2O3S/c1-2-9(8-15)19-11-5-6-12(20(14,17)18)13-10(11)4-3-7-16-13/h3-7,9H,2H2,1H3. The highest BCUT2D eigenvalue weighted by Gasteiger charge is 2.18. The molecule has 1 unspecified atom stereocenters. The van der Waals surface area contributed by atoms with E-state index in [1.807, 2.05) is 13.0 Å². The van der Waals surface area contributed by atoms with E-state index in [4.69, 9.17) is 20.7 Å². The molecule has 0 saturated heterocycles. The summed E-state index contributed by atoms with van der Waals surface area (Å²) >= 11 is 0. The van der Waals surface area contributed by atoms with Gasteiger partial charge in [-0.3, -0.25) is 4.98 Å². The zero-order valence-corrected chi connectivity index (χ0v) is 12.1. The van der Waals surface area contributed by atoms with Crippen LogP contribution < -0.4 is 4.74 Å². The van der Waals surface area contributed by atoms with Crippen LogP contribution in [0.2, 0.25) is 0 Å². The highest BCUT2D eigenvalue weighted by molar-refractivity contribution is 8.14. The van der Waals surface area contributed by atoms with Crippen LogP contribution in [-0.4, -0.2) is 19.5 Å². The van der Waals surface area contributed by atoms with E-state index < -0.39 is 15.2 Å². The first-order valence-corrected chi connectivity index (χ1v) is 8.17. The maximum atomic E-state index is 11.5. The molecule has 0 saturated carbocycles. The molecule has 0 amide bonds. The van der Waals surface area contributed by atoms with Crippen molar-refractivity contribution < 1.29 is 13.2 Å². The van der Waals surface area contributed by atoms with Crippen molar-refractivity contribution in [2.24, 2.45) is 0 Å². The Morgan fingerprint density at radius 3 is 2.80 bits per heavy atom. The van der Waals surface area contributed by atoms with Crippen LogP contribution in [0.5, 0.6) is 5.75 Å². The molecule has 0 N–H and O–H groups in total. The quantitative estimate of drug-likeness (QED) is 0.811. The van der Waals surface area contributed by atoms with Gasteiger partial charge in [0.25, 0.3) is 9.05 Å². The molecule has 1 heterocycles. The van der Waals surface area contributed by atoms with Crippen molar-refractivity contribution in [1.29, 1.82) is 5.26 Å². The van der Waals surface area contributed by atoms with E-state index in [2.05, 4.69) is 4.98 Å². The van der Waals surface area contributed by atoms with Crippen LogP contribution in [0.4, 0.5) is 0 Å². The van der Waals surface area contributed by atoms with Gasteiger partial charge >= 0.3 is 0 Å². The number of pyridine rings is 1. The molecule has 1 aromatic heterocycles. The second-order valence-corrected chi connectivity index (χ2v) is 6.58. The van der Waals surface area contributed by atoms with Crippen LogP contribution in [0.25, 0.3) is 10.9 Å². The number of benzene rings is 1. The third-order valence-corrected chi connectivity index (χ3v) is 4.09. The zero-order chi connectivity index (χ0) is 14.8. The Morgan fingerprint density at radius 2 is 2.20 bits per heavy atom. The fourth-order valence-corrected chi connectivity index (χ4v) is 2.77. The van der Waals surface area contributed by atoms with Gasteiger partial charge in [-0.2, -0.15) is 5.26 Å². The maximum absolute atomic E-state index is 11.5. The molecule has 2 aromatic rings. The summed E-state index contributed by atoms with van der Waals surface area (Å²) in [5.74, 6) is 0.408. The van der Waals surface area contributed by atoms with Crippen LogP contribution in [-0.2, 0) is 9.05 Å². The van der Waals surface area contributed by atoms with Crippen LogP contribution >= 0.6 is 10.7 Å². The summed E-state index contributed by atoms with van der Waals surface area (Å²) in [5.41, 5.74) is 0.229. The van der Waals surface area contributed by atoms with Crippen molar-refractivity contribution >= 4 is 30.6 Å². The summed E-state index contributed by atoms with van der Waals surface area (Å²) in [7, 11) is 1.49. The second-order valence-electron chi connectivity index (χ2n) is 4.04. The molecule has 0 radical (unpaired) electrons. The Kier molecular flexibility index (Phi) is 4.12. The number of aromatic nitrogens is 1. The molecule has 0 fully saturated rings. The Hall–Kier alpha value is -1.84. The van der Waals surface area contributed by atoms with Crippen LogP contribution in [0, 0.1) is 11.3 Å². The van der Waals surface area contributed by atoms with Crippen molar-refractivity contribution in [3.8, 4) is 11.8 Å². The Balaban J connectivity index is 2.64. The number of hydrogen-bond donors (Lipinski definition) is 0. The number of nitrogens with zero attached hydrogens (tertiary/aromatic N) is 2. The molecule has 7 heteroatoms. The SMILES string of the molecule is CCC(C#N)Oc1ccc(S(=O)(=O)Cl)c2ncccc12. The van der Waals surface area contributed by atoms with Gasteiger partial charge in [-0.15, -0.1) is 0 Å². The predicted molar refractivity (Wildman–Crippen MR) is 75.1 cm³/mol. The minimum Gasteiger partial charge on any atom is -0.475 e. The van der Waals surface area contributed by atoms with Gasteiger partial charge in [0.15, 0.2) is 6.10 Å². The van der Waals surface area contributed by atoms with Gasteiger partial charge in [0.05, 0.1) is 5.52 Å². The molecule has 1 atom stereocenters. The monoisotopic (exact) mass is 310 g/mol. The highest BCUT2D eigenvalue weighted by atomic mass is 35.7. The molecule has 20 heavy (non-hydrogen) atoms. The largest absolute Gasteiger partial charge is 0.475 e. The third-order valence-electron chi connectivity index (χ3n) is 2.74. The van der Waals surface area contributed by atoms with Crippen molar-refractivity contribution in [1.82, 2.24) is 4.98 Å². The normalized spacial score (nSPS) is 12.8. The molecule has 104 valence electrons. The van der Waals surface area contributed by atoms with E-state index in [1.165, 1.54) is 18.3 Å². The number of rotatable bonds is 4. The average molecular weight is 311 g/mol. The van der Waals surface area contributed by atoms with Crippen molar-refractivity contribution in [3.05, 3.63) is 30.5 Å². The van der Waals surface area contributed by atoms with Gasteiger partial charge in [0, 0.05) is 22.3 Å². The fraction of sp³-hybridized carbons (Fsp3) is 0.231. The van der Waals surface area contributed by atoms with E-state index in [-0.39, 0.29) is 10.4 Å². The molecule has 2 rings (SSSR count). The van der Waals surface area contributed by atoms with E-state index in [9.17, 15) is 8.42 Å². The maximum Gasteiger partial charge on any atom is 0.263 e. The summed E-state index contributed by atoms with van der Waals surface area (Å²) in [6, 6.07) is 8.17. The lowest BCUT2D eigenvalue weighted by atomic mass is 10.2.